The summed E-state index contributed by atoms with van der Waals surface area (Å²) in [6, 6.07) is 3.61. The zero-order valence-corrected chi connectivity index (χ0v) is 8.71. The van der Waals surface area contributed by atoms with Gasteiger partial charge in [-0.25, -0.2) is 4.98 Å². The molecule has 2 aromatic rings. The monoisotopic (exact) mass is 213 g/mol. The van der Waals surface area contributed by atoms with Crippen molar-refractivity contribution in [2.24, 2.45) is 0 Å². The lowest BCUT2D eigenvalue weighted by Gasteiger charge is -2.06. The average Bonchev–Trinajstić information content (AvgIpc) is 3.07. The maximum atomic E-state index is 10.5. The lowest BCUT2D eigenvalue weighted by Crippen LogP contribution is -2.00. The highest BCUT2D eigenvalue weighted by atomic mass is 16.1. The van der Waals surface area contributed by atoms with Crippen LogP contribution in [0.1, 0.15) is 35.1 Å². The third kappa shape index (κ3) is 1.52. The summed E-state index contributed by atoms with van der Waals surface area (Å²) in [7, 11) is 0. The molecule has 1 aliphatic carbocycles. The van der Waals surface area contributed by atoms with Crippen molar-refractivity contribution < 1.29 is 4.79 Å². The van der Waals surface area contributed by atoms with Gasteiger partial charge in [0.15, 0.2) is 6.29 Å². The van der Waals surface area contributed by atoms with Crippen molar-refractivity contribution in [3.63, 3.8) is 0 Å². The lowest BCUT2D eigenvalue weighted by atomic mass is 10.3. The van der Waals surface area contributed by atoms with E-state index in [9.17, 15) is 4.79 Å². The van der Waals surface area contributed by atoms with Gasteiger partial charge in [-0.2, -0.15) is 0 Å². The largest absolute Gasteiger partial charge is 0.302 e. The van der Waals surface area contributed by atoms with Crippen LogP contribution in [0.4, 0.5) is 0 Å². The van der Waals surface area contributed by atoms with E-state index in [0.29, 0.717) is 11.6 Å². The van der Waals surface area contributed by atoms with Gasteiger partial charge in [-0.3, -0.25) is 9.78 Å². The van der Waals surface area contributed by atoms with E-state index in [-0.39, 0.29) is 0 Å². The van der Waals surface area contributed by atoms with Gasteiger partial charge in [0.1, 0.15) is 11.5 Å². The van der Waals surface area contributed by atoms with E-state index in [1.54, 1.807) is 18.5 Å². The van der Waals surface area contributed by atoms with Gasteiger partial charge in [-0.15, -0.1) is 0 Å². The van der Waals surface area contributed by atoms with Crippen LogP contribution in [-0.2, 0) is 0 Å². The maximum absolute atomic E-state index is 10.5. The van der Waals surface area contributed by atoms with Crippen LogP contribution in [-0.4, -0.2) is 20.8 Å². The van der Waals surface area contributed by atoms with E-state index in [0.717, 1.165) is 17.8 Å². The first kappa shape index (κ1) is 9.27. The van der Waals surface area contributed by atoms with Crippen molar-refractivity contribution in [3.8, 4) is 5.69 Å². The van der Waals surface area contributed by atoms with Gasteiger partial charge in [0.25, 0.3) is 0 Å². The first-order chi connectivity index (χ1) is 7.88. The molecule has 0 atom stereocenters. The van der Waals surface area contributed by atoms with Crippen LogP contribution in [0.15, 0.2) is 30.7 Å². The average molecular weight is 213 g/mol. The molecule has 4 heteroatoms. The number of imidazole rings is 1. The Hall–Kier alpha value is -1.97. The quantitative estimate of drug-likeness (QED) is 0.732. The van der Waals surface area contributed by atoms with Crippen molar-refractivity contribution in [1.82, 2.24) is 14.5 Å². The number of carbonyl (C=O) groups is 1. The van der Waals surface area contributed by atoms with Gasteiger partial charge in [-0.05, 0) is 25.0 Å². The second kappa shape index (κ2) is 3.56. The molecule has 1 saturated carbocycles. The molecular weight excluding hydrogens is 202 g/mol. The van der Waals surface area contributed by atoms with E-state index < -0.39 is 0 Å². The number of nitrogens with zero attached hydrogens (tertiary/aromatic N) is 3. The van der Waals surface area contributed by atoms with E-state index in [1.807, 2.05) is 16.8 Å². The third-order valence-corrected chi connectivity index (χ3v) is 2.78. The molecule has 0 spiro atoms. The molecule has 0 saturated heterocycles. The van der Waals surface area contributed by atoms with Crippen LogP contribution in [0, 0.1) is 0 Å². The molecular formula is C12H11N3O. The van der Waals surface area contributed by atoms with Gasteiger partial charge in [0, 0.05) is 18.3 Å². The lowest BCUT2D eigenvalue weighted by molar-refractivity contribution is 0.111. The highest BCUT2D eigenvalue weighted by Crippen LogP contribution is 2.39. The standard InChI is InChI=1S/C12H11N3O/c16-8-10-3-4-11(7-14-10)15-6-5-13-12(15)9-1-2-9/h3-9H,1-2H2. The number of aromatic nitrogens is 3. The minimum absolute atomic E-state index is 0.455. The van der Waals surface area contributed by atoms with Crippen molar-refractivity contribution in [1.29, 1.82) is 0 Å². The summed E-state index contributed by atoms with van der Waals surface area (Å²) in [6.07, 6.45) is 8.64. The normalized spacial score (nSPS) is 15.0. The second-order valence-corrected chi connectivity index (χ2v) is 3.99. The molecule has 2 heterocycles. The number of hydrogen-bond acceptors (Lipinski definition) is 3. The number of aldehydes is 1. The molecule has 4 nitrogen and oxygen atoms in total. The Labute approximate surface area is 93.0 Å². The zero-order valence-electron chi connectivity index (χ0n) is 8.71. The van der Waals surface area contributed by atoms with Crippen molar-refractivity contribution in [2.45, 2.75) is 18.8 Å². The first-order valence-corrected chi connectivity index (χ1v) is 5.33. The number of carbonyl (C=O) groups excluding carboxylic acids is 1. The highest BCUT2D eigenvalue weighted by molar-refractivity contribution is 5.71. The number of rotatable bonds is 3. The molecule has 3 rings (SSSR count). The molecule has 80 valence electrons. The Morgan fingerprint density at radius 3 is 2.81 bits per heavy atom. The Morgan fingerprint density at radius 2 is 2.19 bits per heavy atom. The molecule has 0 unspecified atom stereocenters. The Bertz CT molecular complexity index is 511. The summed E-state index contributed by atoms with van der Waals surface area (Å²) in [5.41, 5.74) is 1.42. The van der Waals surface area contributed by atoms with E-state index in [2.05, 4.69) is 9.97 Å². The van der Waals surface area contributed by atoms with Gasteiger partial charge >= 0.3 is 0 Å². The van der Waals surface area contributed by atoms with Gasteiger partial charge in [0.2, 0.25) is 0 Å². The van der Waals surface area contributed by atoms with Crippen LogP contribution in [0.25, 0.3) is 5.69 Å². The topological polar surface area (TPSA) is 47.8 Å². The number of pyridine rings is 1. The molecule has 16 heavy (non-hydrogen) atoms. The van der Waals surface area contributed by atoms with Crippen LogP contribution in [0.2, 0.25) is 0 Å². The van der Waals surface area contributed by atoms with E-state index in [1.165, 1.54) is 12.8 Å². The summed E-state index contributed by atoms with van der Waals surface area (Å²) in [4.78, 5) is 18.9. The van der Waals surface area contributed by atoms with Crippen LogP contribution < -0.4 is 0 Å². The molecule has 1 aliphatic rings. The molecule has 0 aliphatic heterocycles. The van der Waals surface area contributed by atoms with E-state index in [4.69, 9.17) is 0 Å². The Morgan fingerprint density at radius 1 is 1.31 bits per heavy atom. The molecule has 0 aromatic carbocycles. The molecule has 1 fully saturated rings. The molecule has 0 radical (unpaired) electrons. The minimum atomic E-state index is 0.455. The summed E-state index contributed by atoms with van der Waals surface area (Å²) in [5, 5.41) is 0. The predicted octanol–water partition coefficient (Wildman–Crippen LogP) is 1.96. The SMILES string of the molecule is O=Cc1ccc(-n2ccnc2C2CC2)cn1. The van der Waals surface area contributed by atoms with Gasteiger partial charge in [-0.1, -0.05) is 0 Å². The first-order valence-electron chi connectivity index (χ1n) is 5.33. The second-order valence-electron chi connectivity index (χ2n) is 3.99. The Balaban J connectivity index is 2.00. The van der Waals surface area contributed by atoms with Crippen molar-refractivity contribution in [3.05, 3.63) is 42.2 Å². The summed E-state index contributed by atoms with van der Waals surface area (Å²) in [6.45, 7) is 0. The maximum Gasteiger partial charge on any atom is 0.168 e. The summed E-state index contributed by atoms with van der Waals surface area (Å²) in [5.74, 6) is 1.70. The minimum Gasteiger partial charge on any atom is -0.302 e. The summed E-state index contributed by atoms with van der Waals surface area (Å²) >= 11 is 0. The van der Waals surface area contributed by atoms with Crippen LogP contribution in [0.3, 0.4) is 0 Å². The smallest absolute Gasteiger partial charge is 0.168 e. The van der Waals surface area contributed by atoms with Crippen LogP contribution in [0.5, 0.6) is 0 Å². The Kier molecular flexibility index (Phi) is 2.06. The zero-order chi connectivity index (χ0) is 11.0. The number of hydrogen-bond donors (Lipinski definition) is 0. The van der Waals surface area contributed by atoms with Gasteiger partial charge < -0.3 is 4.57 Å². The van der Waals surface area contributed by atoms with Crippen molar-refractivity contribution >= 4 is 6.29 Å². The fourth-order valence-electron chi connectivity index (χ4n) is 1.79. The predicted molar refractivity (Wildman–Crippen MR) is 58.7 cm³/mol. The fourth-order valence-corrected chi connectivity index (χ4v) is 1.79. The molecule has 0 amide bonds. The van der Waals surface area contributed by atoms with Gasteiger partial charge in [0.05, 0.1) is 11.9 Å². The highest BCUT2D eigenvalue weighted by Gasteiger charge is 2.28. The molecule has 0 bridgehead atoms. The molecule has 0 N–H and O–H groups in total. The third-order valence-electron chi connectivity index (χ3n) is 2.78. The summed E-state index contributed by atoms with van der Waals surface area (Å²) < 4.78 is 2.04. The van der Waals surface area contributed by atoms with E-state index >= 15 is 0 Å². The van der Waals surface area contributed by atoms with Crippen molar-refractivity contribution in [2.75, 3.05) is 0 Å². The fraction of sp³-hybridized carbons (Fsp3) is 0.250. The molecule has 2 aromatic heterocycles. The van der Waals surface area contributed by atoms with Crippen LogP contribution >= 0.6 is 0 Å².